The van der Waals surface area contributed by atoms with Crippen molar-refractivity contribution in [2.45, 2.75) is 12.8 Å². The summed E-state index contributed by atoms with van der Waals surface area (Å²) >= 11 is 0. The second-order valence-electron chi connectivity index (χ2n) is 10.0. The van der Waals surface area contributed by atoms with Crippen LogP contribution in [0.4, 0.5) is 15.8 Å². The Morgan fingerprint density at radius 1 is 0.907 bits per heavy atom. The fraction of sp³-hybridized carbons (Fsp3) is 0.133. The molecule has 2 N–H and O–H groups in total. The van der Waals surface area contributed by atoms with Crippen molar-refractivity contribution in [3.05, 3.63) is 97.2 Å². The molecule has 0 aliphatic heterocycles. The smallest absolute Gasteiger partial charge is 0.250 e. The van der Waals surface area contributed by atoms with Gasteiger partial charge in [-0.1, -0.05) is 6.07 Å². The molecule has 0 bridgehead atoms. The number of fused-ring (bicyclic) bond motifs is 1. The number of carbonyl (C=O) groups is 2. The Bertz CT molecular complexity index is 1940. The zero-order chi connectivity index (χ0) is 29.5. The van der Waals surface area contributed by atoms with Crippen molar-refractivity contribution >= 4 is 56.5 Å². The molecule has 1 fully saturated rings. The first-order valence-corrected chi connectivity index (χ1v) is 14.8. The van der Waals surface area contributed by atoms with Gasteiger partial charge in [0.15, 0.2) is 0 Å². The van der Waals surface area contributed by atoms with Crippen LogP contribution >= 0.6 is 12.4 Å². The Kier molecular flexibility index (Phi) is 7.91. The van der Waals surface area contributed by atoms with Gasteiger partial charge in [-0.3, -0.25) is 14.6 Å². The van der Waals surface area contributed by atoms with Gasteiger partial charge in [-0.05, 0) is 85.1 Å². The van der Waals surface area contributed by atoms with E-state index in [1.54, 1.807) is 36.5 Å². The van der Waals surface area contributed by atoms with Crippen LogP contribution in [-0.2, 0) is 19.6 Å². The predicted molar refractivity (Wildman–Crippen MR) is 162 cm³/mol. The molecule has 5 aromatic rings. The quantitative estimate of drug-likeness (QED) is 0.215. The zero-order valence-electron chi connectivity index (χ0n) is 22.7. The third-order valence-corrected chi connectivity index (χ3v) is 7.88. The number of halogens is 2. The van der Waals surface area contributed by atoms with Crippen molar-refractivity contribution in [2.75, 3.05) is 16.9 Å². The molecule has 3 aromatic carbocycles. The summed E-state index contributed by atoms with van der Waals surface area (Å²) in [5.74, 6) is -0.168. The summed E-state index contributed by atoms with van der Waals surface area (Å²) in [5.41, 5.74) is 1.80. The van der Waals surface area contributed by atoms with E-state index in [-0.39, 0.29) is 12.4 Å². The van der Waals surface area contributed by atoms with E-state index in [1.165, 1.54) is 36.7 Å². The third-order valence-electron chi connectivity index (χ3n) is 7.00. The molecule has 2 aromatic heterocycles. The van der Waals surface area contributed by atoms with Crippen LogP contribution in [0.25, 0.3) is 22.0 Å². The first kappa shape index (κ1) is 29.7. The van der Waals surface area contributed by atoms with E-state index < -0.39 is 33.1 Å². The molecular weight excluding hydrogens is 597 g/mol. The van der Waals surface area contributed by atoms with Crippen molar-refractivity contribution in [1.82, 2.24) is 14.2 Å². The highest BCUT2D eigenvalue weighted by Gasteiger charge is 2.56. The summed E-state index contributed by atoms with van der Waals surface area (Å²) in [6.07, 6.45) is 6.46. The van der Waals surface area contributed by atoms with Crippen LogP contribution in [-0.4, -0.2) is 40.7 Å². The lowest BCUT2D eigenvalue weighted by Crippen LogP contribution is -2.35. The molecule has 10 nitrogen and oxygen atoms in total. The number of nitrogens with zero attached hydrogens (tertiary/aromatic N) is 3. The Morgan fingerprint density at radius 3 is 2.12 bits per heavy atom. The molecule has 2 heterocycles. The topological polar surface area (TPSA) is 132 Å². The average molecular weight is 622 g/mol. The van der Waals surface area contributed by atoms with Crippen LogP contribution in [0.5, 0.6) is 11.5 Å². The van der Waals surface area contributed by atoms with Crippen molar-refractivity contribution in [2.24, 2.45) is 5.41 Å². The summed E-state index contributed by atoms with van der Waals surface area (Å²) in [7, 11) is -3.49. The van der Waals surface area contributed by atoms with Gasteiger partial charge in [0, 0.05) is 28.5 Å². The molecule has 1 aliphatic rings. The molecule has 0 unspecified atom stereocenters. The summed E-state index contributed by atoms with van der Waals surface area (Å²) < 4.78 is 43.7. The first-order valence-electron chi connectivity index (χ1n) is 12.9. The Hall–Kier alpha value is -4.81. The fourth-order valence-electron chi connectivity index (χ4n) is 4.48. The Balaban J connectivity index is 0.00000368. The van der Waals surface area contributed by atoms with Gasteiger partial charge in [0.25, 0.3) is 10.0 Å². The number of hydrogen-bond donors (Lipinski definition) is 2. The maximum Gasteiger partial charge on any atom is 0.250 e. The average Bonchev–Trinajstić information content (AvgIpc) is 3.63. The molecule has 0 radical (unpaired) electrons. The molecule has 0 atom stereocenters. The van der Waals surface area contributed by atoms with Gasteiger partial charge in [-0.15, -0.1) is 12.4 Å². The summed E-state index contributed by atoms with van der Waals surface area (Å²) in [6.45, 7) is 0. The maximum atomic E-state index is 13.2. The van der Waals surface area contributed by atoms with Gasteiger partial charge in [0.05, 0.1) is 24.2 Å². The first-order chi connectivity index (χ1) is 20.1. The second kappa shape index (κ2) is 11.5. The van der Waals surface area contributed by atoms with E-state index in [2.05, 4.69) is 20.7 Å². The van der Waals surface area contributed by atoms with Crippen LogP contribution < -0.4 is 15.4 Å². The summed E-state index contributed by atoms with van der Waals surface area (Å²) in [5, 5.41) is 10.2. The number of aromatic nitrogens is 3. The van der Waals surface area contributed by atoms with Crippen LogP contribution in [0.1, 0.15) is 12.8 Å². The van der Waals surface area contributed by atoms with Crippen molar-refractivity contribution in [1.29, 1.82) is 0 Å². The van der Waals surface area contributed by atoms with Gasteiger partial charge < -0.3 is 15.4 Å². The van der Waals surface area contributed by atoms with Crippen molar-refractivity contribution in [3.8, 4) is 22.6 Å². The highest BCUT2D eigenvalue weighted by molar-refractivity contribution is 7.89. The number of rotatable bonds is 8. The van der Waals surface area contributed by atoms with E-state index in [0.29, 0.717) is 46.8 Å². The van der Waals surface area contributed by atoms with Gasteiger partial charge in [0.2, 0.25) is 11.8 Å². The third kappa shape index (κ3) is 6.20. The minimum atomic E-state index is -3.49. The van der Waals surface area contributed by atoms with Crippen LogP contribution in [0.15, 0.2) is 91.4 Å². The van der Waals surface area contributed by atoms with Crippen LogP contribution in [0, 0.1) is 11.2 Å². The van der Waals surface area contributed by atoms with Gasteiger partial charge in [-0.2, -0.15) is 9.19 Å². The molecule has 43 heavy (non-hydrogen) atoms. The van der Waals surface area contributed by atoms with E-state index in [4.69, 9.17) is 4.74 Å². The number of nitrogens with one attached hydrogen (secondary N) is 2. The predicted octanol–water partition coefficient (Wildman–Crippen LogP) is 5.62. The molecule has 0 spiro atoms. The van der Waals surface area contributed by atoms with Crippen molar-refractivity contribution < 1.29 is 27.1 Å². The molecule has 0 saturated heterocycles. The number of carbonyl (C=O) groups excluding carboxylic acids is 2. The van der Waals surface area contributed by atoms with E-state index in [9.17, 15) is 22.4 Å². The SMILES string of the molecule is CS(=O)(=O)n1cc(-c2ccc3c(Oc4ccc(NC(=O)C5(C(=O)Nc6ccc(F)cc6)CC5)cc4)ccnc3c2)cn1.Cl. The Morgan fingerprint density at radius 2 is 1.53 bits per heavy atom. The number of ether oxygens (including phenoxy) is 1. The largest absolute Gasteiger partial charge is 0.457 e. The van der Waals surface area contributed by atoms with Gasteiger partial charge in [-0.25, -0.2) is 12.8 Å². The van der Waals surface area contributed by atoms with E-state index in [0.717, 1.165) is 21.3 Å². The monoisotopic (exact) mass is 621 g/mol. The van der Waals surface area contributed by atoms with Crippen LogP contribution in [0.2, 0.25) is 0 Å². The molecule has 1 saturated carbocycles. The van der Waals surface area contributed by atoms with E-state index >= 15 is 0 Å². The lowest BCUT2D eigenvalue weighted by Gasteiger charge is -2.16. The zero-order valence-corrected chi connectivity index (χ0v) is 24.3. The number of pyridine rings is 1. The molecule has 1 aliphatic carbocycles. The number of benzene rings is 3. The number of anilines is 2. The molecule has 6 rings (SSSR count). The standard InChI is InChI=1S/C30H24FN5O5S.ClH/c1-42(39,40)36-18-20(17-33-36)19-2-11-25-26(16-19)32-15-12-27(25)41-24-9-7-23(8-10-24)35-29(38)30(13-14-30)28(37)34-22-5-3-21(31)4-6-22;/h2-12,15-18H,13-14H2,1H3,(H,34,37)(H,35,38);1H. The summed E-state index contributed by atoms with van der Waals surface area (Å²) in [6, 6.07) is 19.4. The number of hydrogen-bond acceptors (Lipinski definition) is 7. The molecule has 2 amide bonds. The minimum absolute atomic E-state index is 0. The second-order valence-corrected chi connectivity index (χ2v) is 11.9. The lowest BCUT2D eigenvalue weighted by molar-refractivity contribution is -0.131. The summed E-state index contributed by atoms with van der Waals surface area (Å²) in [4.78, 5) is 30.2. The maximum absolute atomic E-state index is 13.2. The lowest BCUT2D eigenvalue weighted by atomic mass is 10.0. The number of amides is 2. The highest BCUT2D eigenvalue weighted by Crippen LogP contribution is 2.47. The van der Waals surface area contributed by atoms with Gasteiger partial charge >= 0.3 is 0 Å². The molecule has 220 valence electrons. The Labute approximate surface area is 252 Å². The fourth-order valence-corrected chi connectivity index (χ4v) is 5.00. The highest BCUT2D eigenvalue weighted by atomic mass is 35.5. The molecule has 13 heteroatoms. The van der Waals surface area contributed by atoms with E-state index in [1.807, 2.05) is 18.2 Å². The molecular formula is C30H25ClFN5O5S. The van der Waals surface area contributed by atoms with Crippen LogP contribution in [0.3, 0.4) is 0 Å². The minimum Gasteiger partial charge on any atom is -0.457 e. The normalized spacial score (nSPS) is 13.5. The van der Waals surface area contributed by atoms with Gasteiger partial charge in [0.1, 0.15) is 22.7 Å². The van der Waals surface area contributed by atoms with Crippen molar-refractivity contribution in [3.63, 3.8) is 0 Å².